The van der Waals surface area contributed by atoms with E-state index in [1.54, 1.807) is 0 Å². The first-order valence-electron chi connectivity index (χ1n) is 5.32. The van der Waals surface area contributed by atoms with Gasteiger partial charge in [-0.3, -0.25) is 0 Å². The van der Waals surface area contributed by atoms with Crippen LogP contribution >= 0.6 is 22.9 Å². The number of carbonyl (C=O) groups is 1. The first-order valence-corrected chi connectivity index (χ1v) is 6.52. The van der Waals surface area contributed by atoms with Crippen molar-refractivity contribution in [3.63, 3.8) is 0 Å². The summed E-state index contributed by atoms with van der Waals surface area (Å²) >= 11 is 7.36. The van der Waals surface area contributed by atoms with E-state index in [0.717, 1.165) is 15.6 Å². The summed E-state index contributed by atoms with van der Waals surface area (Å²) in [5.74, 6) is -2.76. The minimum absolute atomic E-state index is 0.429. The fourth-order valence-electron chi connectivity index (χ4n) is 1.07. The molecule has 0 bridgehead atoms. The van der Waals surface area contributed by atoms with E-state index in [1.165, 1.54) is 11.3 Å². The Morgan fingerprint density at radius 3 is 2.43 bits per heavy atom. The predicted octanol–water partition coefficient (Wildman–Crippen LogP) is 2.95. The number of alkyl halides is 3. The van der Waals surface area contributed by atoms with Crippen LogP contribution in [0.25, 0.3) is 10.6 Å². The third-order valence-electron chi connectivity index (χ3n) is 1.96. The number of aliphatic carboxylic acids is 1. The molecule has 0 fully saturated rings. The van der Waals surface area contributed by atoms with Gasteiger partial charge in [-0.15, -0.1) is 10.2 Å². The van der Waals surface area contributed by atoms with Crippen molar-refractivity contribution in [1.29, 1.82) is 0 Å². The van der Waals surface area contributed by atoms with Gasteiger partial charge in [0.25, 0.3) is 0 Å². The Balaban J connectivity index is 0.000000270. The van der Waals surface area contributed by atoms with E-state index in [4.69, 9.17) is 27.2 Å². The van der Waals surface area contributed by atoms with Gasteiger partial charge < -0.3 is 10.8 Å². The molecule has 1 aromatic heterocycles. The van der Waals surface area contributed by atoms with Crippen LogP contribution in [0.1, 0.15) is 5.01 Å². The number of carboxylic acids is 1. The summed E-state index contributed by atoms with van der Waals surface area (Å²) in [6.07, 6.45) is -5.08. The lowest BCUT2D eigenvalue weighted by Crippen LogP contribution is -2.21. The van der Waals surface area contributed by atoms with Crippen LogP contribution in [0.2, 0.25) is 5.02 Å². The smallest absolute Gasteiger partial charge is 0.475 e. The number of hydrogen-bond acceptors (Lipinski definition) is 5. The Bertz CT molecular complexity index is 619. The van der Waals surface area contributed by atoms with Crippen molar-refractivity contribution in [2.75, 3.05) is 0 Å². The highest BCUT2D eigenvalue weighted by Gasteiger charge is 2.38. The summed E-state index contributed by atoms with van der Waals surface area (Å²) in [6.45, 7) is 0.429. The van der Waals surface area contributed by atoms with E-state index in [-0.39, 0.29) is 0 Å². The molecule has 0 saturated heterocycles. The van der Waals surface area contributed by atoms with E-state index >= 15 is 0 Å². The van der Waals surface area contributed by atoms with Crippen LogP contribution in [-0.2, 0) is 11.3 Å². The highest BCUT2D eigenvalue weighted by atomic mass is 35.5. The minimum atomic E-state index is -5.08. The second kappa shape index (κ2) is 7.34. The molecule has 5 nitrogen and oxygen atoms in total. The van der Waals surface area contributed by atoms with Gasteiger partial charge in [0.05, 0.1) is 0 Å². The van der Waals surface area contributed by atoms with E-state index in [0.29, 0.717) is 11.6 Å². The molecule has 1 aromatic carbocycles. The molecule has 3 N–H and O–H groups in total. The molecule has 0 spiro atoms. The zero-order chi connectivity index (χ0) is 16.0. The maximum absolute atomic E-state index is 10.6. The molecule has 0 atom stereocenters. The SMILES string of the molecule is NCc1nnc(-c2cccc(Cl)c2)s1.O=C(O)C(F)(F)F. The van der Waals surface area contributed by atoms with Crippen molar-refractivity contribution in [2.45, 2.75) is 12.7 Å². The topological polar surface area (TPSA) is 89.1 Å². The van der Waals surface area contributed by atoms with Crippen molar-refractivity contribution in [2.24, 2.45) is 5.73 Å². The first-order chi connectivity index (χ1) is 9.74. The number of nitrogens with zero attached hydrogens (tertiary/aromatic N) is 2. The van der Waals surface area contributed by atoms with Crippen LogP contribution in [0, 0.1) is 0 Å². The van der Waals surface area contributed by atoms with Gasteiger partial charge in [0, 0.05) is 17.1 Å². The Morgan fingerprint density at radius 2 is 2.00 bits per heavy atom. The lowest BCUT2D eigenvalue weighted by molar-refractivity contribution is -0.192. The molecule has 0 aliphatic carbocycles. The second-order valence-electron chi connectivity index (χ2n) is 3.52. The van der Waals surface area contributed by atoms with Crippen LogP contribution in [-0.4, -0.2) is 27.4 Å². The Labute approximate surface area is 126 Å². The normalized spacial score (nSPS) is 10.7. The molecular weight excluding hydrogens is 331 g/mol. The molecule has 0 radical (unpaired) electrons. The number of carboxylic acid groups (broad SMARTS) is 1. The van der Waals surface area contributed by atoms with Crippen LogP contribution in [0.4, 0.5) is 13.2 Å². The van der Waals surface area contributed by atoms with Gasteiger partial charge in [-0.2, -0.15) is 13.2 Å². The average molecular weight is 340 g/mol. The summed E-state index contributed by atoms with van der Waals surface area (Å²) in [5, 5.41) is 17.5. The molecule has 0 unspecified atom stereocenters. The number of nitrogens with two attached hydrogens (primary N) is 1. The summed E-state index contributed by atoms with van der Waals surface area (Å²) < 4.78 is 31.7. The third kappa shape index (κ3) is 5.66. The summed E-state index contributed by atoms with van der Waals surface area (Å²) in [7, 11) is 0. The lowest BCUT2D eigenvalue weighted by atomic mass is 10.2. The molecule has 10 heteroatoms. The highest BCUT2D eigenvalue weighted by molar-refractivity contribution is 7.14. The van der Waals surface area contributed by atoms with Crippen LogP contribution in [0.3, 0.4) is 0 Å². The standard InChI is InChI=1S/C9H8ClN3S.C2HF3O2/c10-7-3-1-2-6(4-7)9-13-12-8(5-11)14-9;3-2(4,5)1(6)7/h1-4H,5,11H2;(H,6,7). The quantitative estimate of drug-likeness (QED) is 0.878. The van der Waals surface area contributed by atoms with Crippen LogP contribution in [0.5, 0.6) is 0 Å². The molecule has 114 valence electrons. The molecule has 1 heterocycles. The maximum Gasteiger partial charge on any atom is 0.490 e. The number of benzene rings is 1. The van der Waals surface area contributed by atoms with Gasteiger partial charge in [0.15, 0.2) is 0 Å². The Kier molecular flexibility index (Phi) is 6.06. The molecule has 0 saturated carbocycles. The third-order valence-corrected chi connectivity index (χ3v) is 3.19. The van der Waals surface area contributed by atoms with E-state index in [2.05, 4.69) is 10.2 Å². The van der Waals surface area contributed by atoms with Crippen molar-refractivity contribution in [3.05, 3.63) is 34.3 Å². The molecule has 0 aliphatic rings. The summed E-state index contributed by atoms with van der Waals surface area (Å²) in [5.41, 5.74) is 6.43. The zero-order valence-electron chi connectivity index (χ0n) is 10.3. The van der Waals surface area contributed by atoms with E-state index < -0.39 is 12.1 Å². The first kappa shape index (κ1) is 17.3. The van der Waals surface area contributed by atoms with E-state index in [9.17, 15) is 13.2 Å². The largest absolute Gasteiger partial charge is 0.490 e. The molecule has 2 aromatic rings. The molecule has 21 heavy (non-hydrogen) atoms. The number of aromatic nitrogens is 2. The van der Waals surface area contributed by atoms with Crippen LogP contribution < -0.4 is 5.73 Å². The van der Waals surface area contributed by atoms with Gasteiger partial charge in [0.1, 0.15) is 10.0 Å². The Morgan fingerprint density at radius 1 is 1.38 bits per heavy atom. The Hall–Kier alpha value is -1.71. The minimum Gasteiger partial charge on any atom is -0.475 e. The fraction of sp³-hybridized carbons (Fsp3) is 0.182. The second-order valence-corrected chi connectivity index (χ2v) is 5.02. The molecule has 2 rings (SSSR count). The number of rotatable bonds is 2. The van der Waals surface area contributed by atoms with Crippen molar-refractivity contribution < 1.29 is 23.1 Å². The van der Waals surface area contributed by atoms with Crippen LogP contribution in [0.15, 0.2) is 24.3 Å². The highest BCUT2D eigenvalue weighted by Crippen LogP contribution is 2.25. The summed E-state index contributed by atoms with van der Waals surface area (Å²) in [6, 6.07) is 7.53. The zero-order valence-corrected chi connectivity index (χ0v) is 11.8. The maximum atomic E-state index is 10.6. The van der Waals surface area contributed by atoms with Gasteiger partial charge >= 0.3 is 12.1 Å². The van der Waals surface area contributed by atoms with Crippen molar-refractivity contribution >= 4 is 28.9 Å². The fourth-order valence-corrected chi connectivity index (χ4v) is 1.98. The monoisotopic (exact) mass is 339 g/mol. The van der Waals surface area contributed by atoms with Gasteiger partial charge in [-0.05, 0) is 12.1 Å². The number of hydrogen-bond donors (Lipinski definition) is 2. The van der Waals surface area contributed by atoms with Gasteiger partial charge in [-0.25, -0.2) is 4.79 Å². The molecular formula is C11H9ClF3N3O2S. The summed E-state index contributed by atoms with van der Waals surface area (Å²) in [4.78, 5) is 8.90. The molecule has 0 aliphatic heterocycles. The van der Waals surface area contributed by atoms with Gasteiger partial charge in [-0.1, -0.05) is 35.1 Å². The van der Waals surface area contributed by atoms with Crippen molar-refractivity contribution in [3.8, 4) is 10.6 Å². The lowest BCUT2D eigenvalue weighted by Gasteiger charge is -1.94. The molecule has 0 amide bonds. The number of halogens is 4. The average Bonchev–Trinajstić information content (AvgIpc) is 2.87. The van der Waals surface area contributed by atoms with E-state index in [1.807, 2.05) is 24.3 Å². The predicted molar refractivity (Wildman–Crippen MR) is 71.9 cm³/mol. The van der Waals surface area contributed by atoms with Crippen molar-refractivity contribution in [1.82, 2.24) is 10.2 Å². The van der Waals surface area contributed by atoms with Gasteiger partial charge in [0.2, 0.25) is 0 Å².